The summed E-state index contributed by atoms with van der Waals surface area (Å²) in [4.78, 5) is 0. The number of fused-ring (bicyclic) bond motifs is 1. The highest BCUT2D eigenvalue weighted by molar-refractivity contribution is 7.81. The predicted octanol–water partition coefficient (Wildman–Crippen LogP) is 5.64. The zero-order chi connectivity index (χ0) is 13.7. The van der Waals surface area contributed by atoms with Gasteiger partial charge in [0.1, 0.15) is 0 Å². The minimum atomic E-state index is 0.346. The standard InChI is InChI=1S/C18H30S/c1-4-15-11-17(10-14(15)3)9-7-16-13(2)6-5-8-18(16,19)12-17/h13,15-16,19H,3-12H2,1-2H3/t13?,15?,16?,17-,18?/m1/s1. The largest absolute Gasteiger partial charge is 0.172 e. The summed E-state index contributed by atoms with van der Waals surface area (Å²) in [6, 6.07) is 0. The van der Waals surface area contributed by atoms with Gasteiger partial charge in [0.2, 0.25) is 0 Å². The van der Waals surface area contributed by atoms with E-state index in [0.717, 1.165) is 17.8 Å². The molecule has 0 radical (unpaired) electrons. The fourth-order valence-electron chi connectivity index (χ4n) is 5.74. The molecule has 3 rings (SSSR count). The Bertz CT molecular complexity index is 374. The summed E-state index contributed by atoms with van der Waals surface area (Å²) >= 11 is 5.24. The number of hydrogen-bond donors (Lipinski definition) is 1. The van der Waals surface area contributed by atoms with Gasteiger partial charge in [-0.15, -0.1) is 0 Å². The van der Waals surface area contributed by atoms with Gasteiger partial charge in [-0.05, 0) is 68.1 Å². The van der Waals surface area contributed by atoms with Gasteiger partial charge in [-0.3, -0.25) is 0 Å². The third kappa shape index (κ3) is 2.30. The van der Waals surface area contributed by atoms with Crippen molar-refractivity contribution in [1.29, 1.82) is 0 Å². The fraction of sp³-hybridized carbons (Fsp3) is 0.889. The van der Waals surface area contributed by atoms with Crippen molar-refractivity contribution in [3.63, 3.8) is 0 Å². The minimum Gasteiger partial charge on any atom is -0.172 e. The molecule has 0 heterocycles. The van der Waals surface area contributed by atoms with Crippen LogP contribution in [0.2, 0.25) is 0 Å². The molecule has 108 valence electrons. The lowest BCUT2D eigenvalue weighted by molar-refractivity contribution is 0.0548. The Morgan fingerprint density at radius 1 is 1.32 bits per heavy atom. The van der Waals surface area contributed by atoms with E-state index in [4.69, 9.17) is 12.6 Å². The fourth-order valence-corrected chi connectivity index (χ4v) is 6.62. The monoisotopic (exact) mass is 278 g/mol. The molecule has 5 atom stereocenters. The minimum absolute atomic E-state index is 0.346. The zero-order valence-electron chi connectivity index (χ0n) is 12.8. The van der Waals surface area contributed by atoms with Crippen molar-refractivity contribution >= 4 is 12.6 Å². The number of hydrogen-bond acceptors (Lipinski definition) is 1. The molecule has 3 saturated carbocycles. The van der Waals surface area contributed by atoms with E-state index in [1.807, 2.05) is 0 Å². The van der Waals surface area contributed by atoms with Crippen LogP contribution in [0.3, 0.4) is 0 Å². The van der Waals surface area contributed by atoms with Crippen LogP contribution < -0.4 is 0 Å². The van der Waals surface area contributed by atoms with Crippen LogP contribution >= 0.6 is 12.6 Å². The van der Waals surface area contributed by atoms with Crippen LogP contribution in [0.5, 0.6) is 0 Å². The van der Waals surface area contributed by atoms with Gasteiger partial charge in [0.25, 0.3) is 0 Å². The van der Waals surface area contributed by atoms with E-state index in [1.165, 1.54) is 57.8 Å². The van der Waals surface area contributed by atoms with Crippen LogP contribution in [0.1, 0.15) is 71.6 Å². The Kier molecular flexibility index (Phi) is 3.57. The van der Waals surface area contributed by atoms with E-state index < -0.39 is 0 Å². The Morgan fingerprint density at radius 2 is 2.11 bits per heavy atom. The molecule has 0 aromatic rings. The van der Waals surface area contributed by atoms with Gasteiger partial charge < -0.3 is 0 Å². The van der Waals surface area contributed by atoms with Gasteiger partial charge in [0.15, 0.2) is 0 Å². The predicted molar refractivity (Wildman–Crippen MR) is 86.7 cm³/mol. The zero-order valence-corrected chi connectivity index (χ0v) is 13.6. The lowest BCUT2D eigenvalue weighted by Gasteiger charge is -2.53. The van der Waals surface area contributed by atoms with Crippen molar-refractivity contribution in [2.24, 2.45) is 23.2 Å². The lowest BCUT2D eigenvalue weighted by atomic mass is 9.57. The number of rotatable bonds is 1. The summed E-state index contributed by atoms with van der Waals surface area (Å²) in [6.07, 6.45) is 12.4. The van der Waals surface area contributed by atoms with Crippen LogP contribution in [-0.2, 0) is 0 Å². The molecule has 0 saturated heterocycles. The highest BCUT2D eigenvalue weighted by Crippen LogP contribution is 2.62. The van der Waals surface area contributed by atoms with Gasteiger partial charge in [0, 0.05) is 4.75 Å². The van der Waals surface area contributed by atoms with E-state index in [1.54, 1.807) is 5.57 Å². The van der Waals surface area contributed by atoms with Crippen LogP contribution in [0.15, 0.2) is 12.2 Å². The molecule has 3 aliphatic carbocycles. The van der Waals surface area contributed by atoms with Gasteiger partial charge in [-0.1, -0.05) is 38.8 Å². The topological polar surface area (TPSA) is 0 Å². The second-order valence-electron chi connectivity index (χ2n) is 7.94. The number of thiol groups is 1. The molecule has 0 aromatic carbocycles. The third-order valence-corrected chi connectivity index (χ3v) is 7.38. The van der Waals surface area contributed by atoms with Crippen LogP contribution in [0.25, 0.3) is 0 Å². The SMILES string of the molecule is C=C1C[C@]2(CCC3C(C)CCCC3(S)C2)CC1CC. The smallest absolute Gasteiger partial charge is 0.0166 e. The normalized spacial score (nSPS) is 50.5. The van der Waals surface area contributed by atoms with Gasteiger partial charge in [-0.25, -0.2) is 0 Å². The van der Waals surface area contributed by atoms with Gasteiger partial charge in [-0.2, -0.15) is 12.6 Å². The first-order valence-electron chi connectivity index (χ1n) is 8.38. The molecule has 0 aromatic heterocycles. The average Bonchev–Trinajstić information content (AvgIpc) is 2.64. The molecule has 0 aliphatic heterocycles. The summed E-state index contributed by atoms with van der Waals surface area (Å²) < 4.78 is 0.346. The van der Waals surface area contributed by atoms with Gasteiger partial charge in [0.05, 0.1) is 0 Å². The number of allylic oxidation sites excluding steroid dienone is 1. The summed E-state index contributed by atoms with van der Waals surface area (Å²) in [6.45, 7) is 9.17. The second-order valence-corrected chi connectivity index (χ2v) is 8.83. The summed E-state index contributed by atoms with van der Waals surface area (Å²) in [5.41, 5.74) is 2.12. The van der Waals surface area contributed by atoms with E-state index in [0.29, 0.717) is 10.2 Å². The molecule has 0 nitrogen and oxygen atoms in total. The Balaban J connectivity index is 1.80. The first-order valence-corrected chi connectivity index (χ1v) is 8.83. The maximum Gasteiger partial charge on any atom is 0.0166 e. The first kappa shape index (κ1) is 14.0. The lowest BCUT2D eigenvalue weighted by Crippen LogP contribution is -2.48. The summed E-state index contributed by atoms with van der Waals surface area (Å²) in [5, 5.41) is 0. The van der Waals surface area contributed by atoms with Gasteiger partial charge >= 0.3 is 0 Å². The van der Waals surface area contributed by atoms with E-state index in [-0.39, 0.29) is 0 Å². The van der Waals surface area contributed by atoms with Crippen LogP contribution in [0, 0.1) is 23.2 Å². The molecule has 0 bridgehead atoms. The first-order chi connectivity index (χ1) is 8.98. The Morgan fingerprint density at radius 3 is 2.79 bits per heavy atom. The molecule has 19 heavy (non-hydrogen) atoms. The van der Waals surface area contributed by atoms with Crippen molar-refractivity contribution in [3.8, 4) is 0 Å². The molecule has 3 fully saturated rings. The molecule has 1 spiro atoms. The highest BCUT2D eigenvalue weighted by atomic mass is 32.1. The molecule has 4 unspecified atom stereocenters. The summed E-state index contributed by atoms with van der Waals surface area (Å²) in [7, 11) is 0. The molecule has 3 aliphatic rings. The average molecular weight is 279 g/mol. The molecule has 0 N–H and O–H groups in total. The van der Waals surface area contributed by atoms with Crippen LogP contribution in [-0.4, -0.2) is 4.75 Å². The highest BCUT2D eigenvalue weighted by Gasteiger charge is 2.53. The van der Waals surface area contributed by atoms with Crippen LogP contribution in [0.4, 0.5) is 0 Å². The van der Waals surface area contributed by atoms with Crippen molar-refractivity contribution in [1.82, 2.24) is 0 Å². The van der Waals surface area contributed by atoms with E-state index >= 15 is 0 Å². The Hall–Kier alpha value is 0.0900. The second kappa shape index (κ2) is 4.83. The molecular formula is C18H30S. The molecule has 0 amide bonds. The maximum absolute atomic E-state index is 5.24. The van der Waals surface area contributed by atoms with Crippen molar-refractivity contribution in [3.05, 3.63) is 12.2 Å². The van der Waals surface area contributed by atoms with E-state index in [9.17, 15) is 0 Å². The van der Waals surface area contributed by atoms with E-state index in [2.05, 4.69) is 20.4 Å². The molecule has 1 heteroatoms. The Labute approximate surface area is 124 Å². The van der Waals surface area contributed by atoms with Crippen molar-refractivity contribution in [2.75, 3.05) is 0 Å². The maximum atomic E-state index is 5.24. The quantitative estimate of drug-likeness (QED) is 0.466. The van der Waals surface area contributed by atoms with Crippen molar-refractivity contribution in [2.45, 2.75) is 76.4 Å². The molecular weight excluding hydrogens is 248 g/mol. The van der Waals surface area contributed by atoms with Crippen molar-refractivity contribution < 1.29 is 0 Å². The summed E-state index contributed by atoms with van der Waals surface area (Å²) in [5.74, 6) is 2.58. The third-order valence-electron chi connectivity index (χ3n) is 6.66.